The van der Waals surface area contributed by atoms with E-state index in [9.17, 15) is 22.8 Å². The van der Waals surface area contributed by atoms with Crippen LogP contribution in [0.3, 0.4) is 0 Å². The molecule has 0 spiro atoms. The topological polar surface area (TPSA) is 94.3 Å². The summed E-state index contributed by atoms with van der Waals surface area (Å²) in [5.74, 6) is -4.99. The van der Waals surface area contributed by atoms with Crippen LogP contribution in [-0.4, -0.2) is 35.9 Å². The largest absolute Gasteiger partial charge is 0.480 e. The average Bonchev–Trinajstić information content (AvgIpc) is 2.67. The molecule has 6 nitrogen and oxygen atoms in total. The van der Waals surface area contributed by atoms with Crippen molar-refractivity contribution in [1.82, 2.24) is 10.3 Å². The second-order valence-corrected chi connectivity index (χ2v) is 5.96. The maximum Gasteiger partial charge on any atom is 0.256 e. The van der Waals surface area contributed by atoms with Gasteiger partial charge in [0.15, 0.2) is 23.2 Å². The molecule has 1 amide bonds. The number of rotatable bonds is 10. The van der Waals surface area contributed by atoms with Crippen LogP contribution in [0, 0.1) is 17.6 Å². The number of nitrogens with zero attached hydrogens (tertiary/aromatic N) is 1. The number of unbranched alkanes of at least 4 members (excludes halogenated alkanes) is 1. The quantitative estimate of drug-likeness (QED) is 0.476. The van der Waals surface area contributed by atoms with E-state index in [1.807, 2.05) is 0 Å². The van der Waals surface area contributed by atoms with E-state index < -0.39 is 47.7 Å². The van der Waals surface area contributed by atoms with E-state index in [0.717, 1.165) is 18.2 Å². The highest BCUT2D eigenvalue weighted by Crippen LogP contribution is 2.21. The van der Waals surface area contributed by atoms with Crippen molar-refractivity contribution in [2.75, 3.05) is 13.2 Å². The minimum Gasteiger partial charge on any atom is -0.480 e. The molecule has 1 heterocycles. The lowest BCUT2D eigenvalue weighted by Crippen LogP contribution is -2.43. The number of pyridine rings is 1. The van der Waals surface area contributed by atoms with Crippen LogP contribution in [0.5, 0.6) is 5.75 Å². The van der Waals surface area contributed by atoms with Crippen LogP contribution >= 0.6 is 0 Å². The van der Waals surface area contributed by atoms with Gasteiger partial charge in [0.1, 0.15) is 6.61 Å². The highest BCUT2D eigenvalue weighted by atomic mass is 19.1. The van der Waals surface area contributed by atoms with Gasteiger partial charge in [-0.3, -0.25) is 9.59 Å². The van der Waals surface area contributed by atoms with E-state index in [2.05, 4.69) is 10.3 Å². The summed E-state index contributed by atoms with van der Waals surface area (Å²) >= 11 is 0. The third-order valence-electron chi connectivity index (χ3n) is 3.92. The number of carbonyl (C=O) groups excluding carboxylic acids is 2. The lowest BCUT2D eigenvalue weighted by Gasteiger charge is -2.18. The molecule has 2 aromatic rings. The number of carbonyl (C=O) groups is 2. The predicted molar refractivity (Wildman–Crippen MR) is 95.2 cm³/mol. The van der Waals surface area contributed by atoms with Gasteiger partial charge < -0.3 is 15.8 Å². The SMILES string of the molecule is NCCCC[C@H](NC(=O)c1cccnc1F)C(=O)COc1c(F)cccc1F. The van der Waals surface area contributed by atoms with Crippen LogP contribution in [0.25, 0.3) is 0 Å². The Labute approximate surface area is 159 Å². The molecule has 1 aromatic carbocycles. The number of nitrogens with two attached hydrogens (primary N) is 1. The van der Waals surface area contributed by atoms with Gasteiger partial charge in [0, 0.05) is 6.20 Å². The number of benzene rings is 1. The number of Topliss-reactive ketones (excluding diaryl/α,β-unsaturated/α-hetero) is 1. The number of hydrogen-bond donors (Lipinski definition) is 2. The number of para-hydroxylation sites is 1. The Bertz CT molecular complexity index is 813. The number of amides is 1. The van der Waals surface area contributed by atoms with Crippen molar-refractivity contribution >= 4 is 11.7 Å². The molecule has 1 aromatic heterocycles. The first kappa shape index (κ1) is 21.4. The zero-order valence-corrected chi connectivity index (χ0v) is 15.0. The van der Waals surface area contributed by atoms with Gasteiger partial charge in [-0.15, -0.1) is 0 Å². The van der Waals surface area contributed by atoms with Gasteiger partial charge in [-0.05, 0) is 50.1 Å². The summed E-state index contributed by atoms with van der Waals surface area (Å²) in [7, 11) is 0. The van der Waals surface area contributed by atoms with E-state index in [0.29, 0.717) is 19.4 Å². The molecular weight excluding hydrogens is 375 g/mol. The van der Waals surface area contributed by atoms with Gasteiger partial charge in [0.05, 0.1) is 11.6 Å². The fraction of sp³-hybridized carbons (Fsp3) is 0.316. The van der Waals surface area contributed by atoms with Crippen molar-refractivity contribution in [2.45, 2.75) is 25.3 Å². The molecule has 0 unspecified atom stereocenters. The summed E-state index contributed by atoms with van der Waals surface area (Å²) in [6, 6.07) is 4.73. The maximum atomic E-state index is 13.7. The summed E-state index contributed by atoms with van der Waals surface area (Å²) in [5.41, 5.74) is 5.11. The first-order chi connectivity index (χ1) is 13.4. The third kappa shape index (κ3) is 5.78. The molecule has 0 fully saturated rings. The van der Waals surface area contributed by atoms with Crippen molar-refractivity contribution in [3.8, 4) is 5.75 Å². The molecule has 1 atom stereocenters. The van der Waals surface area contributed by atoms with Crippen LogP contribution in [0.2, 0.25) is 0 Å². The minimum absolute atomic E-state index is 0.215. The molecule has 2 rings (SSSR count). The predicted octanol–water partition coefficient (Wildman–Crippen LogP) is 2.37. The summed E-state index contributed by atoms with van der Waals surface area (Å²) < 4.78 is 45.9. The van der Waals surface area contributed by atoms with Crippen molar-refractivity contribution in [3.05, 3.63) is 59.7 Å². The lowest BCUT2D eigenvalue weighted by molar-refractivity contribution is -0.123. The standard InChI is InChI=1S/C19H20F3N3O3/c20-13-6-3-7-14(21)17(13)28-11-16(26)15(8-1-2-9-23)25-19(27)12-5-4-10-24-18(12)22/h3-7,10,15H,1-2,8-9,11,23H2,(H,25,27)/t15-/m0/s1. The van der Waals surface area contributed by atoms with Gasteiger partial charge in [-0.1, -0.05) is 6.07 Å². The fourth-order valence-corrected chi connectivity index (χ4v) is 2.46. The van der Waals surface area contributed by atoms with Crippen LogP contribution in [0.15, 0.2) is 36.5 Å². The van der Waals surface area contributed by atoms with Crippen LogP contribution in [0.4, 0.5) is 13.2 Å². The van der Waals surface area contributed by atoms with Crippen molar-refractivity contribution in [2.24, 2.45) is 5.73 Å². The van der Waals surface area contributed by atoms with E-state index in [1.165, 1.54) is 18.3 Å². The monoisotopic (exact) mass is 395 g/mol. The Balaban J connectivity index is 2.07. The third-order valence-corrected chi connectivity index (χ3v) is 3.92. The molecule has 0 aliphatic rings. The van der Waals surface area contributed by atoms with Gasteiger partial charge in [-0.2, -0.15) is 4.39 Å². The summed E-state index contributed by atoms with van der Waals surface area (Å²) in [6.45, 7) is -0.274. The van der Waals surface area contributed by atoms with E-state index in [4.69, 9.17) is 10.5 Å². The Morgan fingerprint density at radius 2 is 1.82 bits per heavy atom. The molecule has 0 aliphatic heterocycles. The van der Waals surface area contributed by atoms with Crippen LogP contribution in [-0.2, 0) is 4.79 Å². The molecule has 0 bridgehead atoms. The summed E-state index contributed by atoms with van der Waals surface area (Å²) in [6.07, 6.45) is 2.51. The maximum absolute atomic E-state index is 13.7. The second-order valence-electron chi connectivity index (χ2n) is 5.96. The number of ether oxygens (including phenoxy) is 1. The Hall–Kier alpha value is -2.94. The normalized spacial score (nSPS) is 11.7. The highest BCUT2D eigenvalue weighted by Gasteiger charge is 2.24. The smallest absolute Gasteiger partial charge is 0.256 e. The fourth-order valence-electron chi connectivity index (χ4n) is 2.46. The van der Waals surface area contributed by atoms with Gasteiger partial charge in [0.2, 0.25) is 5.95 Å². The first-order valence-corrected chi connectivity index (χ1v) is 8.65. The molecule has 28 heavy (non-hydrogen) atoms. The average molecular weight is 395 g/mol. The molecule has 0 aliphatic carbocycles. The van der Waals surface area contributed by atoms with Gasteiger partial charge >= 0.3 is 0 Å². The van der Waals surface area contributed by atoms with E-state index in [-0.39, 0.29) is 12.0 Å². The minimum atomic E-state index is -1.03. The molecule has 150 valence electrons. The Kier molecular flexibility index (Phi) is 7.94. The number of hydrogen-bond acceptors (Lipinski definition) is 5. The number of halogens is 3. The van der Waals surface area contributed by atoms with Crippen molar-refractivity contribution < 1.29 is 27.5 Å². The Morgan fingerprint density at radius 3 is 2.46 bits per heavy atom. The molecule has 9 heteroatoms. The molecule has 0 saturated carbocycles. The molecule has 3 N–H and O–H groups in total. The van der Waals surface area contributed by atoms with Crippen molar-refractivity contribution in [1.29, 1.82) is 0 Å². The van der Waals surface area contributed by atoms with Crippen molar-refractivity contribution in [3.63, 3.8) is 0 Å². The van der Waals surface area contributed by atoms with E-state index >= 15 is 0 Å². The lowest BCUT2D eigenvalue weighted by atomic mass is 10.0. The van der Waals surface area contributed by atoms with Gasteiger partial charge in [-0.25, -0.2) is 13.8 Å². The zero-order chi connectivity index (χ0) is 20.5. The number of aromatic nitrogens is 1. The van der Waals surface area contributed by atoms with Crippen LogP contribution in [0.1, 0.15) is 29.6 Å². The number of nitrogens with one attached hydrogen (secondary N) is 1. The molecule has 0 radical (unpaired) electrons. The highest BCUT2D eigenvalue weighted by molar-refractivity contribution is 5.98. The second kappa shape index (κ2) is 10.4. The molecule has 0 saturated heterocycles. The Morgan fingerprint density at radius 1 is 1.11 bits per heavy atom. The van der Waals surface area contributed by atoms with Crippen LogP contribution < -0.4 is 15.8 Å². The summed E-state index contributed by atoms with van der Waals surface area (Å²) in [4.78, 5) is 28.1. The first-order valence-electron chi connectivity index (χ1n) is 8.65. The number of ketones is 1. The molecular formula is C19H20F3N3O3. The summed E-state index contributed by atoms with van der Waals surface area (Å²) in [5, 5.41) is 2.42. The van der Waals surface area contributed by atoms with Gasteiger partial charge in [0.25, 0.3) is 5.91 Å². The van der Waals surface area contributed by atoms with E-state index in [1.54, 1.807) is 0 Å². The zero-order valence-electron chi connectivity index (χ0n) is 15.0.